The molecule has 0 fully saturated rings. The van der Waals surface area contributed by atoms with Gasteiger partial charge in [0.1, 0.15) is 0 Å². The number of hydrogen-bond acceptors (Lipinski definition) is 0. The third-order valence-electron chi connectivity index (χ3n) is 2.99. The molecule has 0 amide bonds. The van der Waals surface area contributed by atoms with Gasteiger partial charge in [-0.25, -0.2) is 0 Å². The first kappa shape index (κ1) is 11.8. The van der Waals surface area contributed by atoms with Crippen molar-refractivity contribution in [1.29, 1.82) is 0 Å². The Balaban J connectivity index is 2.19. The Morgan fingerprint density at radius 3 is 2.33 bits per heavy atom. The van der Waals surface area contributed by atoms with Crippen molar-refractivity contribution in [3.8, 4) is 11.1 Å². The highest BCUT2D eigenvalue weighted by molar-refractivity contribution is 9.10. The van der Waals surface area contributed by atoms with E-state index in [1.807, 2.05) is 18.2 Å². The number of halogens is 2. The fourth-order valence-corrected chi connectivity index (χ4v) is 2.86. The predicted molar refractivity (Wildman–Crippen MR) is 82.1 cm³/mol. The van der Waals surface area contributed by atoms with Crippen LogP contribution in [0.4, 0.5) is 0 Å². The summed E-state index contributed by atoms with van der Waals surface area (Å²) >= 11 is 9.71. The van der Waals surface area contributed by atoms with Crippen LogP contribution in [0.3, 0.4) is 0 Å². The molecule has 0 spiro atoms. The van der Waals surface area contributed by atoms with Gasteiger partial charge in [-0.15, -0.1) is 0 Å². The van der Waals surface area contributed by atoms with Gasteiger partial charge < -0.3 is 0 Å². The molecule has 0 saturated carbocycles. The highest BCUT2D eigenvalue weighted by Crippen LogP contribution is 2.32. The van der Waals surface area contributed by atoms with Crippen molar-refractivity contribution in [3.63, 3.8) is 0 Å². The zero-order valence-corrected chi connectivity index (χ0v) is 11.9. The molecular formula is C16H10BrCl. The zero-order chi connectivity index (χ0) is 12.5. The molecule has 0 heterocycles. The van der Waals surface area contributed by atoms with Crippen LogP contribution in [0, 0.1) is 0 Å². The Hall–Kier alpha value is -1.31. The molecule has 3 rings (SSSR count). The highest BCUT2D eigenvalue weighted by atomic mass is 79.9. The summed E-state index contributed by atoms with van der Waals surface area (Å²) in [5.74, 6) is 0. The second kappa shape index (κ2) is 4.75. The van der Waals surface area contributed by atoms with E-state index >= 15 is 0 Å². The van der Waals surface area contributed by atoms with Gasteiger partial charge in [0.05, 0.1) is 0 Å². The summed E-state index contributed by atoms with van der Waals surface area (Å²) < 4.78 is 0.997. The number of fused-ring (bicyclic) bond motifs is 1. The lowest BCUT2D eigenvalue weighted by atomic mass is 10.0. The second-order valence-corrected chi connectivity index (χ2v) is 5.51. The normalized spacial score (nSPS) is 10.8. The molecule has 0 atom stereocenters. The van der Waals surface area contributed by atoms with Crippen molar-refractivity contribution >= 4 is 38.3 Å². The summed E-state index contributed by atoms with van der Waals surface area (Å²) in [6, 6.07) is 20.7. The van der Waals surface area contributed by atoms with E-state index in [9.17, 15) is 0 Å². The summed E-state index contributed by atoms with van der Waals surface area (Å²) in [5, 5.41) is 3.24. The van der Waals surface area contributed by atoms with Gasteiger partial charge >= 0.3 is 0 Å². The van der Waals surface area contributed by atoms with E-state index in [4.69, 9.17) is 11.6 Å². The molecule has 2 heteroatoms. The lowest BCUT2D eigenvalue weighted by molar-refractivity contribution is 1.61. The van der Waals surface area contributed by atoms with E-state index in [0.717, 1.165) is 20.6 Å². The Bertz CT molecular complexity index is 719. The molecule has 0 saturated heterocycles. The summed E-state index contributed by atoms with van der Waals surface area (Å²) in [6.07, 6.45) is 0. The number of benzene rings is 3. The minimum Gasteiger partial charge on any atom is -0.0836 e. The minimum absolute atomic E-state index is 0.764. The van der Waals surface area contributed by atoms with Crippen LogP contribution in [0.5, 0.6) is 0 Å². The topological polar surface area (TPSA) is 0 Å². The Labute approximate surface area is 119 Å². The SMILES string of the molecule is Clc1cc(Br)ccc1-c1ccc2ccccc2c1. The molecule has 3 aromatic rings. The molecule has 3 aromatic carbocycles. The van der Waals surface area contributed by atoms with Crippen LogP contribution in [-0.2, 0) is 0 Å². The Kier molecular flexibility index (Phi) is 3.11. The van der Waals surface area contributed by atoms with Crippen molar-refractivity contribution in [1.82, 2.24) is 0 Å². The maximum atomic E-state index is 6.29. The van der Waals surface area contributed by atoms with E-state index in [1.54, 1.807) is 0 Å². The average Bonchev–Trinajstić information content (AvgIpc) is 2.38. The molecule has 18 heavy (non-hydrogen) atoms. The van der Waals surface area contributed by atoms with E-state index < -0.39 is 0 Å². The van der Waals surface area contributed by atoms with Gasteiger partial charge in [-0.05, 0) is 34.5 Å². The van der Waals surface area contributed by atoms with Crippen LogP contribution >= 0.6 is 27.5 Å². The van der Waals surface area contributed by atoms with Gasteiger partial charge in [-0.3, -0.25) is 0 Å². The summed E-state index contributed by atoms with van der Waals surface area (Å²) in [5.41, 5.74) is 2.21. The van der Waals surface area contributed by atoms with Crippen molar-refractivity contribution in [2.24, 2.45) is 0 Å². The van der Waals surface area contributed by atoms with E-state index in [2.05, 4.69) is 58.4 Å². The Morgan fingerprint density at radius 2 is 1.56 bits per heavy atom. The maximum absolute atomic E-state index is 6.29. The molecule has 0 aliphatic heterocycles. The fraction of sp³-hybridized carbons (Fsp3) is 0. The molecule has 0 N–H and O–H groups in total. The Morgan fingerprint density at radius 1 is 0.778 bits per heavy atom. The standard InChI is InChI=1S/C16H10BrCl/c17-14-7-8-15(16(18)10-14)13-6-5-11-3-1-2-4-12(11)9-13/h1-10H. The van der Waals surface area contributed by atoms with Gasteiger partial charge in [0.15, 0.2) is 0 Å². The van der Waals surface area contributed by atoms with Crippen molar-refractivity contribution < 1.29 is 0 Å². The molecule has 0 bridgehead atoms. The number of rotatable bonds is 1. The quantitative estimate of drug-likeness (QED) is 0.522. The van der Waals surface area contributed by atoms with Crippen molar-refractivity contribution in [3.05, 3.63) is 70.2 Å². The zero-order valence-electron chi connectivity index (χ0n) is 9.53. The lowest BCUT2D eigenvalue weighted by Crippen LogP contribution is -1.81. The largest absolute Gasteiger partial charge is 0.0836 e. The summed E-state index contributed by atoms with van der Waals surface area (Å²) in [7, 11) is 0. The molecule has 0 aromatic heterocycles. The van der Waals surface area contributed by atoms with Gasteiger partial charge in [-0.2, -0.15) is 0 Å². The molecular weight excluding hydrogens is 308 g/mol. The number of hydrogen-bond donors (Lipinski definition) is 0. The monoisotopic (exact) mass is 316 g/mol. The first-order valence-electron chi connectivity index (χ1n) is 5.68. The summed E-state index contributed by atoms with van der Waals surface area (Å²) in [4.78, 5) is 0. The van der Waals surface area contributed by atoms with Crippen LogP contribution in [-0.4, -0.2) is 0 Å². The van der Waals surface area contributed by atoms with Gasteiger partial charge in [0, 0.05) is 15.1 Å². The smallest absolute Gasteiger partial charge is 0.0495 e. The van der Waals surface area contributed by atoms with Crippen LogP contribution in [0.2, 0.25) is 5.02 Å². The molecule has 88 valence electrons. The third kappa shape index (κ3) is 2.16. The van der Waals surface area contributed by atoms with Gasteiger partial charge in [0.25, 0.3) is 0 Å². The van der Waals surface area contributed by atoms with Crippen LogP contribution in [0.25, 0.3) is 21.9 Å². The molecule has 0 aliphatic rings. The van der Waals surface area contributed by atoms with Crippen LogP contribution in [0.15, 0.2) is 65.1 Å². The van der Waals surface area contributed by atoms with E-state index in [1.165, 1.54) is 10.8 Å². The second-order valence-electron chi connectivity index (χ2n) is 4.19. The average molecular weight is 318 g/mol. The van der Waals surface area contributed by atoms with Crippen LogP contribution in [0.1, 0.15) is 0 Å². The van der Waals surface area contributed by atoms with Crippen LogP contribution < -0.4 is 0 Å². The fourth-order valence-electron chi connectivity index (χ4n) is 2.08. The first-order chi connectivity index (χ1) is 8.74. The molecule has 0 nitrogen and oxygen atoms in total. The third-order valence-corrected chi connectivity index (χ3v) is 3.80. The summed E-state index contributed by atoms with van der Waals surface area (Å²) in [6.45, 7) is 0. The predicted octanol–water partition coefficient (Wildman–Crippen LogP) is 5.92. The maximum Gasteiger partial charge on any atom is 0.0495 e. The van der Waals surface area contributed by atoms with Crippen molar-refractivity contribution in [2.45, 2.75) is 0 Å². The minimum atomic E-state index is 0.764. The van der Waals surface area contributed by atoms with E-state index in [-0.39, 0.29) is 0 Å². The molecule has 0 aliphatic carbocycles. The first-order valence-corrected chi connectivity index (χ1v) is 6.85. The van der Waals surface area contributed by atoms with Gasteiger partial charge in [-0.1, -0.05) is 70.0 Å². The van der Waals surface area contributed by atoms with E-state index in [0.29, 0.717) is 0 Å². The lowest BCUT2D eigenvalue weighted by Gasteiger charge is -2.06. The highest BCUT2D eigenvalue weighted by Gasteiger charge is 2.04. The van der Waals surface area contributed by atoms with Crippen molar-refractivity contribution in [2.75, 3.05) is 0 Å². The molecule has 0 radical (unpaired) electrons. The van der Waals surface area contributed by atoms with Gasteiger partial charge in [0.2, 0.25) is 0 Å². The molecule has 0 unspecified atom stereocenters.